The second kappa shape index (κ2) is 4.86. The van der Waals surface area contributed by atoms with Crippen molar-refractivity contribution in [2.24, 2.45) is 5.73 Å². The van der Waals surface area contributed by atoms with Crippen LogP contribution in [-0.4, -0.2) is 19.8 Å². The highest BCUT2D eigenvalue weighted by Gasteiger charge is 2.14. The molecule has 15 heavy (non-hydrogen) atoms. The highest BCUT2D eigenvalue weighted by Crippen LogP contribution is 2.35. The maximum absolute atomic E-state index is 5.52. The molecule has 0 aromatic heterocycles. The summed E-state index contributed by atoms with van der Waals surface area (Å²) < 4.78 is 12.1. The third kappa shape index (κ3) is 2.44. The Kier molecular flexibility index (Phi) is 3.49. The molecule has 0 unspecified atom stereocenters. The van der Waals surface area contributed by atoms with Crippen LogP contribution in [0, 0.1) is 0 Å². The molecule has 0 fully saturated rings. The molecule has 1 aliphatic rings. The van der Waals surface area contributed by atoms with Gasteiger partial charge in [0.05, 0.1) is 0 Å². The number of rotatable bonds is 3. The molecule has 0 amide bonds. The average Bonchev–Trinajstić information content (AvgIpc) is 2.26. The molecule has 0 aliphatic carbocycles. The van der Waals surface area contributed by atoms with E-state index in [1.807, 2.05) is 12.1 Å². The van der Waals surface area contributed by atoms with E-state index in [2.05, 4.69) is 15.9 Å². The Hall–Kier alpha value is -0.740. The standard InChI is InChI=1S/C11H14BrNO2/c12-9-7-11-10(14-4-5-15-11)6-8(9)2-1-3-13/h6-7H,1-5,13H2. The maximum atomic E-state index is 5.52. The fraction of sp³-hybridized carbons (Fsp3) is 0.455. The Labute approximate surface area is 97.7 Å². The first kappa shape index (κ1) is 10.8. The van der Waals surface area contributed by atoms with Crippen LogP contribution in [0.1, 0.15) is 12.0 Å². The molecule has 1 heterocycles. The second-order valence-electron chi connectivity index (χ2n) is 3.48. The first-order valence-corrected chi connectivity index (χ1v) is 5.88. The Bertz CT molecular complexity index is 355. The first-order valence-electron chi connectivity index (χ1n) is 5.09. The van der Waals surface area contributed by atoms with Crippen LogP contribution >= 0.6 is 15.9 Å². The lowest BCUT2D eigenvalue weighted by Gasteiger charge is -2.19. The summed E-state index contributed by atoms with van der Waals surface area (Å²) >= 11 is 3.53. The summed E-state index contributed by atoms with van der Waals surface area (Å²) in [6.07, 6.45) is 1.95. The molecule has 0 saturated carbocycles. The summed E-state index contributed by atoms with van der Waals surface area (Å²) in [7, 11) is 0. The molecule has 1 aromatic rings. The van der Waals surface area contributed by atoms with Crippen LogP contribution < -0.4 is 15.2 Å². The van der Waals surface area contributed by atoms with E-state index in [1.165, 1.54) is 5.56 Å². The number of fused-ring (bicyclic) bond motifs is 1. The molecule has 2 rings (SSSR count). The van der Waals surface area contributed by atoms with Gasteiger partial charge in [-0.05, 0) is 37.1 Å². The van der Waals surface area contributed by atoms with Gasteiger partial charge in [0.15, 0.2) is 11.5 Å². The average molecular weight is 272 g/mol. The maximum Gasteiger partial charge on any atom is 0.162 e. The zero-order valence-corrected chi connectivity index (χ0v) is 10.0. The summed E-state index contributed by atoms with van der Waals surface area (Å²) in [5.41, 5.74) is 6.72. The van der Waals surface area contributed by atoms with E-state index in [1.54, 1.807) is 0 Å². The van der Waals surface area contributed by atoms with Gasteiger partial charge in [0.25, 0.3) is 0 Å². The van der Waals surface area contributed by atoms with Crippen LogP contribution in [0.2, 0.25) is 0 Å². The van der Waals surface area contributed by atoms with E-state index in [-0.39, 0.29) is 0 Å². The van der Waals surface area contributed by atoms with Gasteiger partial charge in [0, 0.05) is 4.47 Å². The van der Waals surface area contributed by atoms with Crippen LogP contribution in [0.15, 0.2) is 16.6 Å². The number of ether oxygens (including phenoxy) is 2. The summed E-state index contributed by atoms with van der Waals surface area (Å²) in [6.45, 7) is 1.97. The Morgan fingerprint density at radius 3 is 2.53 bits per heavy atom. The van der Waals surface area contributed by atoms with Gasteiger partial charge in [-0.3, -0.25) is 0 Å². The van der Waals surface area contributed by atoms with Crippen molar-refractivity contribution in [1.29, 1.82) is 0 Å². The van der Waals surface area contributed by atoms with Crippen LogP contribution in [0.3, 0.4) is 0 Å². The molecular weight excluding hydrogens is 258 g/mol. The Balaban J connectivity index is 2.24. The lowest BCUT2D eigenvalue weighted by Crippen LogP contribution is -2.15. The molecule has 0 saturated heterocycles. The molecule has 1 aliphatic heterocycles. The van der Waals surface area contributed by atoms with E-state index >= 15 is 0 Å². The summed E-state index contributed by atoms with van der Waals surface area (Å²) in [5, 5.41) is 0. The largest absolute Gasteiger partial charge is 0.486 e. The van der Waals surface area contributed by atoms with Gasteiger partial charge in [0.1, 0.15) is 13.2 Å². The SMILES string of the molecule is NCCCc1cc2c(cc1Br)OCCO2. The minimum atomic E-state index is 0.627. The molecule has 1 aromatic carbocycles. The van der Waals surface area contributed by atoms with Crippen LogP contribution in [0.25, 0.3) is 0 Å². The van der Waals surface area contributed by atoms with Crippen LogP contribution in [0.4, 0.5) is 0 Å². The predicted molar refractivity (Wildman–Crippen MR) is 62.5 cm³/mol. The minimum absolute atomic E-state index is 0.627. The van der Waals surface area contributed by atoms with Crippen molar-refractivity contribution < 1.29 is 9.47 Å². The first-order chi connectivity index (χ1) is 7.31. The fourth-order valence-corrected chi connectivity index (χ4v) is 2.11. The predicted octanol–water partition coefficient (Wildman–Crippen LogP) is 2.11. The third-order valence-electron chi connectivity index (χ3n) is 2.36. The fourth-order valence-electron chi connectivity index (χ4n) is 1.59. The third-order valence-corrected chi connectivity index (χ3v) is 3.10. The lowest BCUT2D eigenvalue weighted by atomic mass is 10.1. The van der Waals surface area contributed by atoms with Gasteiger partial charge in [0.2, 0.25) is 0 Å². The number of nitrogens with two attached hydrogens (primary N) is 1. The van der Waals surface area contributed by atoms with Crippen molar-refractivity contribution >= 4 is 15.9 Å². The Morgan fingerprint density at radius 2 is 1.87 bits per heavy atom. The van der Waals surface area contributed by atoms with Crippen molar-refractivity contribution in [1.82, 2.24) is 0 Å². The van der Waals surface area contributed by atoms with Crippen molar-refractivity contribution in [3.63, 3.8) is 0 Å². The zero-order valence-electron chi connectivity index (χ0n) is 8.46. The molecule has 0 bridgehead atoms. The van der Waals surface area contributed by atoms with Gasteiger partial charge in [-0.25, -0.2) is 0 Å². The summed E-state index contributed by atoms with van der Waals surface area (Å²) in [6, 6.07) is 4.01. The quantitative estimate of drug-likeness (QED) is 0.916. The lowest BCUT2D eigenvalue weighted by molar-refractivity contribution is 0.171. The highest BCUT2D eigenvalue weighted by molar-refractivity contribution is 9.10. The molecule has 4 heteroatoms. The van der Waals surface area contributed by atoms with Crippen molar-refractivity contribution in [3.8, 4) is 11.5 Å². The molecule has 0 spiro atoms. The number of benzene rings is 1. The smallest absolute Gasteiger partial charge is 0.162 e. The van der Waals surface area contributed by atoms with E-state index in [0.717, 1.165) is 28.8 Å². The molecule has 3 nitrogen and oxygen atoms in total. The number of hydrogen-bond donors (Lipinski definition) is 1. The van der Waals surface area contributed by atoms with Crippen LogP contribution in [-0.2, 0) is 6.42 Å². The monoisotopic (exact) mass is 271 g/mol. The molecular formula is C11H14BrNO2. The molecule has 2 N–H and O–H groups in total. The number of hydrogen-bond acceptors (Lipinski definition) is 3. The molecule has 0 radical (unpaired) electrons. The van der Waals surface area contributed by atoms with Crippen molar-refractivity contribution in [2.75, 3.05) is 19.8 Å². The van der Waals surface area contributed by atoms with Crippen molar-refractivity contribution in [3.05, 3.63) is 22.2 Å². The van der Waals surface area contributed by atoms with E-state index in [9.17, 15) is 0 Å². The summed E-state index contributed by atoms with van der Waals surface area (Å²) in [4.78, 5) is 0. The second-order valence-corrected chi connectivity index (χ2v) is 4.33. The topological polar surface area (TPSA) is 44.5 Å². The zero-order chi connectivity index (χ0) is 10.7. The van der Waals surface area contributed by atoms with Crippen LogP contribution in [0.5, 0.6) is 11.5 Å². The van der Waals surface area contributed by atoms with E-state index in [0.29, 0.717) is 19.8 Å². The van der Waals surface area contributed by atoms with Gasteiger partial charge >= 0.3 is 0 Å². The van der Waals surface area contributed by atoms with Gasteiger partial charge in [-0.15, -0.1) is 0 Å². The Morgan fingerprint density at radius 1 is 1.20 bits per heavy atom. The van der Waals surface area contributed by atoms with Gasteiger partial charge < -0.3 is 15.2 Å². The number of halogens is 1. The normalized spacial score (nSPS) is 14.0. The molecule has 0 atom stereocenters. The van der Waals surface area contributed by atoms with E-state index in [4.69, 9.17) is 15.2 Å². The number of aryl methyl sites for hydroxylation is 1. The summed E-state index contributed by atoms with van der Waals surface area (Å²) in [5.74, 6) is 1.67. The van der Waals surface area contributed by atoms with Gasteiger partial charge in [-0.2, -0.15) is 0 Å². The highest BCUT2D eigenvalue weighted by atomic mass is 79.9. The van der Waals surface area contributed by atoms with E-state index < -0.39 is 0 Å². The van der Waals surface area contributed by atoms with Crippen molar-refractivity contribution in [2.45, 2.75) is 12.8 Å². The van der Waals surface area contributed by atoms with Gasteiger partial charge in [-0.1, -0.05) is 15.9 Å². The minimum Gasteiger partial charge on any atom is -0.486 e. The molecule has 82 valence electrons.